The topological polar surface area (TPSA) is 98.4 Å². The van der Waals surface area contributed by atoms with Crippen molar-refractivity contribution in [1.82, 2.24) is 4.98 Å². The fourth-order valence-electron chi connectivity index (χ4n) is 2.69. The molecule has 2 N–H and O–H groups in total. The van der Waals surface area contributed by atoms with Gasteiger partial charge < -0.3 is 15.1 Å². The van der Waals surface area contributed by atoms with Gasteiger partial charge in [0.05, 0.1) is 4.92 Å². The molecule has 0 bridgehead atoms. The van der Waals surface area contributed by atoms with Crippen molar-refractivity contribution in [2.75, 3.05) is 18.0 Å². The Bertz CT molecular complexity index is 640. The minimum atomic E-state index is -0.439. The largest absolute Gasteiger partial charge is 0.423 e. The first-order valence-electron chi connectivity index (χ1n) is 6.71. The summed E-state index contributed by atoms with van der Waals surface area (Å²) in [5.74, 6) is 0. The molecule has 1 aromatic carbocycles. The van der Waals surface area contributed by atoms with Gasteiger partial charge in [-0.3, -0.25) is 10.1 Å². The predicted octanol–water partition coefficient (Wildman–Crippen LogP) is 2.05. The monoisotopic (exact) mass is 276 g/mol. The number of non-ortho nitro benzene ring substituents is 1. The van der Waals surface area contributed by atoms with Crippen molar-refractivity contribution in [3.05, 3.63) is 28.3 Å². The predicted molar refractivity (Wildman–Crippen MR) is 74.7 cm³/mol. The highest BCUT2D eigenvalue weighted by molar-refractivity contribution is 5.84. The van der Waals surface area contributed by atoms with Crippen LogP contribution in [0.5, 0.6) is 0 Å². The summed E-state index contributed by atoms with van der Waals surface area (Å²) < 4.78 is 5.69. The lowest BCUT2D eigenvalue weighted by molar-refractivity contribution is -0.383. The fraction of sp³-hybridized carbons (Fsp3) is 0.462. The van der Waals surface area contributed by atoms with Crippen molar-refractivity contribution in [1.29, 1.82) is 0 Å². The zero-order valence-corrected chi connectivity index (χ0v) is 11.0. The summed E-state index contributed by atoms with van der Waals surface area (Å²) in [5, 5.41) is 11.0. The molecule has 1 fully saturated rings. The lowest BCUT2D eigenvalue weighted by atomic mass is 10.0. The van der Waals surface area contributed by atoms with Crippen molar-refractivity contribution < 1.29 is 9.34 Å². The van der Waals surface area contributed by atoms with Crippen molar-refractivity contribution in [2.24, 2.45) is 5.73 Å². The second-order valence-electron chi connectivity index (χ2n) is 4.96. The SMILES string of the molecule is NCC1CCCCN1c1nc2c([N+](=O)[O-])cccc2o1. The van der Waals surface area contributed by atoms with Crippen molar-refractivity contribution in [3.8, 4) is 0 Å². The van der Waals surface area contributed by atoms with Crippen LogP contribution in [0.25, 0.3) is 11.1 Å². The normalized spacial score (nSPS) is 19.4. The standard InChI is InChI=1S/C13H16N4O3/c14-8-9-4-1-2-7-16(9)13-15-12-10(17(18)19)5-3-6-11(12)20-13/h3,5-6,9H,1-2,4,7-8,14H2. The van der Waals surface area contributed by atoms with Gasteiger partial charge in [0.15, 0.2) is 11.1 Å². The third kappa shape index (κ3) is 2.09. The summed E-state index contributed by atoms with van der Waals surface area (Å²) in [5.41, 5.74) is 6.50. The van der Waals surface area contributed by atoms with Crippen LogP contribution in [0.3, 0.4) is 0 Å². The Hall–Kier alpha value is -2.15. The Morgan fingerprint density at radius 1 is 1.50 bits per heavy atom. The van der Waals surface area contributed by atoms with Crippen LogP contribution in [0.15, 0.2) is 22.6 Å². The van der Waals surface area contributed by atoms with Crippen LogP contribution in [0.4, 0.5) is 11.7 Å². The van der Waals surface area contributed by atoms with Crippen LogP contribution in [0.1, 0.15) is 19.3 Å². The van der Waals surface area contributed by atoms with Crippen LogP contribution in [-0.4, -0.2) is 29.0 Å². The summed E-state index contributed by atoms with van der Waals surface area (Å²) in [6.07, 6.45) is 3.19. The van der Waals surface area contributed by atoms with Crippen LogP contribution in [0.2, 0.25) is 0 Å². The van der Waals surface area contributed by atoms with E-state index in [-0.39, 0.29) is 11.7 Å². The molecule has 0 spiro atoms. The molecule has 7 heteroatoms. The lowest BCUT2D eigenvalue weighted by Crippen LogP contribution is -2.44. The summed E-state index contributed by atoms with van der Waals surface area (Å²) in [6.45, 7) is 1.35. The molecule has 1 unspecified atom stereocenters. The Kier molecular flexibility index (Phi) is 3.27. The molecular formula is C13H16N4O3. The van der Waals surface area contributed by atoms with Gasteiger partial charge in [-0.05, 0) is 25.3 Å². The molecule has 2 aromatic rings. The lowest BCUT2D eigenvalue weighted by Gasteiger charge is -2.33. The van der Waals surface area contributed by atoms with Gasteiger partial charge in [-0.15, -0.1) is 0 Å². The maximum Gasteiger partial charge on any atom is 0.298 e. The van der Waals surface area contributed by atoms with Crippen LogP contribution >= 0.6 is 0 Å². The average molecular weight is 276 g/mol. The highest BCUT2D eigenvalue weighted by Crippen LogP contribution is 2.31. The third-order valence-electron chi connectivity index (χ3n) is 3.73. The zero-order chi connectivity index (χ0) is 14.1. The number of nitro groups is 1. The van der Waals surface area contributed by atoms with Crippen LogP contribution < -0.4 is 10.6 Å². The van der Waals surface area contributed by atoms with Crippen molar-refractivity contribution >= 4 is 22.8 Å². The van der Waals surface area contributed by atoms with Gasteiger partial charge in [-0.1, -0.05) is 6.07 Å². The average Bonchev–Trinajstić information content (AvgIpc) is 2.90. The summed E-state index contributed by atoms with van der Waals surface area (Å²) in [6, 6.07) is 5.36. The number of nitrogens with zero attached hydrogens (tertiary/aromatic N) is 3. The van der Waals surface area contributed by atoms with E-state index < -0.39 is 4.92 Å². The Labute approximate surface area is 115 Å². The first-order valence-corrected chi connectivity index (χ1v) is 6.71. The van der Waals surface area contributed by atoms with E-state index in [1.165, 1.54) is 6.07 Å². The van der Waals surface area contributed by atoms with Gasteiger partial charge in [-0.2, -0.15) is 4.98 Å². The zero-order valence-electron chi connectivity index (χ0n) is 11.0. The van der Waals surface area contributed by atoms with E-state index in [1.54, 1.807) is 12.1 Å². The summed E-state index contributed by atoms with van der Waals surface area (Å²) >= 11 is 0. The Morgan fingerprint density at radius 3 is 3.10 bits per heavy atom. The molecule has 2 heterocycles. The van der Waals surface area contributed by atoms with E-state index in [0.717, 1.165) is 25.8 Å². The summed E-state index contributed by atoms with van der Waals surface area (Å²) in [4.78, 5) is 16.9. The van der Waals surface area contributed by atoms with Crippen LogP contribution in [-0.2, 0) is 0 Å². The number of hydrogen-bond acceptors (Lipinski definition) is 6. The molecule has 7 nitrogen and oxygen atoms in total. The Balaban J connectivity index is 2.04. The molecule has 1 aromatic heterocycles. The number of anilines is 1. The molecule has 3 rings (SSSR count). The number of nitro benzene ring substituents is 1. The molecule has 106 valence electrons. The maximum absolute atomic E-state index is 11.0. The molecule has 0 saturated carbocycles. The van der Waals surface area contributed by atoms with E-state index >= 15 is 0 Å². The second kappa shape index (κ2) is 5.09. The molecule has 0 amide bonds. The third-order valence-corrected chi connectivity index (χ3v) is 3.73. The summed E-state index contributed by atoms with van der Waals surface area (Å²) in [7, 11) is 0. The number of benzene rings is 1. The van der Waals surface area contributed by atoms with E-state index in [0.29, 0.717) is 23.7 Å². The number of rotatable bonds is 3. The van der Waals surface area contributed by atoms with E-state index in [1.807, 2.05) is 4.90 Å². The smallest absolute Gasteiger partial charge is 0.298 e. The second-order valence-corrected chi connectivity index (χ2v) is 4.96. The molecule has 1 aliphatic rings. The van der Waals surface area contributed by atoms with Gasteiger partial charge >= 0.3 is 0 Å². The molecule has 1 atom stereocenters. The molecule has 1 aliphatic heterocycles. The Morgan fingerprint density at radius 2 is 2.35 bits per heavy atom. The first kappa shape index (κ1) is 12.9. The number of hydrogen-bond donors (Lipinski definition) is 1. The first-order chi connectivity index (χ1) is 9.70. The highest BCUT2D eigenvalue weighted by atomic mass is 16.6. The molecule has 0 radical (unpaired) electrons. The quantitative estimate of drug-likeness (QED) is 0.680. The number of aromatic nitrogens is 1. The number of nitrogens with two attached hydrogens (primary N) is 1. The number of oxazole rings is 1. The van der Waals surface area contributed by atoms with Gasteiger partial charge in [0.2, 0.25) is 0 Å². The van der Waals surface area contributed by atoms with Crippen molar-refractivity contribution in [2.45, 2.75) is 25.3 Å². The minimum Gasteiger partial charge on any atom is -0.423 e. The van der Waals surface area contributed by atoms with Gasteiger partial charge in [0, 0.05) is 25.2 Å². The van der Waals surface area contributed by atoms with Gasteiger partial charge in [0.1, 0.15) is 0 Å². The number of fused-ring (bicyclic) bond motifs is 1. The number of piperidine rings is 1. The minimum absolute atomic E-state index is 0.0289. The van der Waals surface area contributed by atoms with Crippen molar-refractivity contribution in [3.63, 3.8) is 0 Å². The molecule has 20 heavy (non-hydrogen) atoms. The maximum atomic E-state index is 11.0. The van der Waals surface area contributed by atoms with E-state index in [2.05, 4.69) is 4.98 Å². The molecular weight excluding hydrogens is 260 g/mol. The van der Waals surface area contributed by atoms with Gasteiger partial charge in [-0.25, -0.2) is 0 Å². The fourth-order valence-corrected chi connectivity index (χ4v) is 2.69. The highest BCUT2D eigenvalue weighted by Gasteiger charge is 2.27. The van der Waals surface area contributed by atoms with E-state index in [9.17, 15) is 10.1 Å². The molecule has 1 saturated heterocycles. The van der Waals surface area contributed by atoms with E-state index in [4.69, 9.17) is 10.2 Å². The van der Waals surface area contributed by atoms with Gasteiger partial charge in [0.25, 0.3) is 11.7 Å². The van der Waals surface area contributed by atoms with Crippen LogP contribution in [0, 0.1) is 10.1 Å². The number of para-hydroxylation sites is 1. The molecule has 0 aliphatic carbocycles.